The van der Waals surface area contributed by atoms with Crippen molar-refractivity contribution < 1.29 is 19.4 Å². The van der Waals surface area contributed by atoms with Crippen LogP contribution in [-0.4, -0.2) is 43.4 Å². The van der Waals surface area contributed by atoms with Crippen LogP contribution in [0, 0.1) is 0 Å². The highest BCUT2D eigenvalue weighted by Gasteiger charge is 2.13. The van der Waals surface area contributed by atoms with E-state index in [1.807, 2.05) is 0 Å². The molecule has 0 aliphatic rings. The molecule has 0 bridgehead atoms. The van der Waals surface area contributed by atoms with E-state index in [4.69, 9.17) is 9.47 Å². The lowest BCUT2D eigenvalue weighted by Gasteiger charge is -2.10. The van der Waals surface area contributed by atoms with Crippen LogP contribution in [0.2, 0.25) is 0 Å². The largest absolute Gasteiger partial charge is 0.497 e. The number of nitrogens with one attached hydrogen (secondary N) is 1. The number of hydrogen-bond donors (Lipinski definition) is 2. The zero-order chi connectivity index (χ0) is 14.5. The summed E-state index contributed by atoms with van der Waals surface area (Å²) in [5.41, 5.74) is 0.813. The smallest absolute Gasteiger partial charge is 0.339 e. The Morgan fingerprint density at radius 2 is 2.15 bits per heavy atom. The third kappa shape index (κ3) is 2.97. The van der Waals surface area contributed by atoms with Gasteiger partial charge in [0.15, 0.2) is 0 Å². The summed E-state index contributed by atoms with van der Waals surface area (Å²) in [6.45, 7) is 0.955. The van der Waals surface area contributed by atoms with Crippen molar-refractivity contribution in [3.8, 4) is 5.75 Å². The number of aromatic carboxylic acids is 1. The average molecular weight is 276 g/mol. The van der Waals surface area contributed by atoms with Crippen molar-refractivity contribution in [1.82, 2.24) is 4.98 Å². The van der Waals surface area contributed by atoms with Gasteiger partial charge in [-0.2, -0.15) is 0 Å². The van der Waals surface area contributed by atoms with Gasteiger partial charge in [0.25, 0.3) is 0 Å². The molecule has 2 rings (SSSR count). The Hall–Kier alpha value is -2.34. The van der Waals surface area contributed by atoms with Gasteiger partial charge in [-0.3, -0.25) is 0 Å². The number of carboxylic acid groups (broad SMARTS) is 1. The predicted molar refractivity (Wildman–Crippen MR) is 75.6 cm³/mol. The van der Waals surface area contributed by atoms with Crippen LogP contribution in [0.5, 0.6) is 5.75 Å². The molecule has 6 nitrogen and oxygen atoms in total. The summed E-state index contributed by atoms with van der Waals surface area (Å²) in [5, 5.41) is 13.0. The molecule has 0 amide bonds. The van der Waals surface area contributed by atoms with Crippen LogP contribution in [0.4, 0.5) is 5.82 Å². The first-order valence-corrected chi connectivity index (χ1v) is 6.10. The monoisotopic (exact) mass is 276 g/mol. The minimum absolute atomic E-state index is 0.138. The summed E-state index contributed by atoms with van der Waals surface area (Å²) in [6.07, 6.45) is 0. The van der Waals surface area contributed by atoms with Crippen LogP contribution in [-0.2, 0) is 4.74 Å². The number of hydrogen-bond acceptors (Lipinski definition) is 5. The Morgan fingerprint density at radius 1 is 1.35 bits per heavy atom. The zero-order valence-electron chi connectivity index (χ0n) is 11.3. The fourth-order valence-corrected chi connectivity index (χ4v) is 1.84. The van der Waals surface area contributed by atoms with Gasteiger partial charge in [-0.05, 0) is 18.2 Å². The zero-order valence-corrected chi connectivity index (χ0v) is 11.3. The summed E-state index contributed by atoms with van der Waals surface area (Å²) in [4.78, 5) is 15.6. The van der Waals surface area contributed by atoms with Crippen LogP contribution < -0.4 is 10.1 Å². The van der Waals surface area contributed by atoms with Crippen molar-refractivity contribution in [2.75, 3.05) is 32.7 Å². The van der Waals surface area contributed by atoms with E-state index in [-0.39, 0.29) is 5.56 Å². The number of carbonyl (C=O) groups is 1. The normalized spacial score (nSPS) is 10.5. The lowest BCUT2D eigenvalue weighted by molar-refractivity contribution is 0.0697. The van der Waals surface area contributed by atoms with E-state index in [1.54, 1.807) is 38.5 Å². The summed E-state index contributed by atoms with van der Waals surface area (Å²) in [6, 6.07) is 6.92. The molecular formula is C14H16N2O4. The number of carboxylic acids is 1. The highest BCUT2D eigenvalue weighted by atomic mass is 16.5. The molecule has 6 heteroatoms. The Kier molecular flexibility index (Phi) is 4.37. The number of benzene rings is 1. The van der Waals surface area contributed by atoms with Crippen molar-refractivity contribution >= 4 is 22.7 Å². The first-order chi connectivity index (χ1) is 9.65. The maximum atomic E-state index is 11.3. The highest BCUT2D eigenvalue weighted by molar-refractivity contribution is 5.98. The van der Waals surface area contributed by atoms with Gasteiger partial charge in [-0.1, -0.05) is 0 Å². The van der Waals surface area contributed by atoms with E-state index in [0.29, 0.717) is 30.2 Å². The van der Waals surface area contributed by atoms with Crippen LogP contribution >= 0.6 is 0 Å². The standard InChI is InChI=1S/C14H16N2O4/c1-19-6-5-15-13-11(14(17)18)7-9-3-4-10(20-2)8-12(9)16-13/h3-4,7-8H,5-6H2,1-2H3,(H,15,16)(H,17,18). The molecule has 1 aromatic carbocycles. The summed E-state index contributed by atoms with van der Waals surface area (Å²) >= 11 is 0. The van der Waals surface area contributed by atoms with Gasteiger partial charge in [0.05, 0.1) is 19.2 Å². The molecule has 0 aliphatic carbocycles. The van der Waals surface area contributed by atoms with Crippen molar-refractivity contribution in [3.63, 3.8) is 0 Å². The molecule has 0 spiro atoms. The van der Waals surface area contributed by atoms with E-state index >= 15 is 0 Å². The number of aromatic nitrogens is 1. The predicted octanol–water partition coefficient (Wildman–Crippen LogP) is 2.00. The van der Waals surface area contributed by atoms with Crippen molar-refractivity contribution in [2.24, 2.45) is 0 Å². The number of rotatable bonds is 6. The van der Waals surface area contributed by atoms with E-state index in [1.165, 1.54) is 0 Å². The molecule has 0 fully saturated rings. The average Bonchev–Trinajstić information content (AvgIpc) is 2.46. The Bertz CT molecular complexity index is 628. The molecule has 0 saturated carbocycles. The van der Waals surface area contributed by atoms with Gasteiger partial charge < -0.3 is 19.9 Å². The van der Waals surface area contributed by atoms with E-state index in [9.17, 15) is 9.90 Å². The highest BCUT2D eigenvalue weighted by Crippen LogP contribution is 2.24. The van der Waals surface area contributed by atoms with Gasteiger partial charge in [-0.25, -0.2) is 9.78 Å². The van der Waals surface area contributed by atoms with Crippen LogP contribution in [0.15, 0.2) is 24.3 Å². The Balaban J connectivity index is 2.45. The molecule has 20 heavy (non-hydrogen) atoms. The first kappa shape index (κ1) is 14.1. The van der Waals surface area contributed by atoms with E-state index in [2.05, 4.69) is 10.3 Å². The number of methoxy groups -OCH3 is 2. The van der Waals surface area contributed by atoms with Gasteiger partial charge in [0.1, 0.15) is 17.1 Å². The third-order valence-electron chi connectivity index (χ3n) is 2.85. The fraction of sp³-hybridized carbons (Fsp3) is 0.286. The Labute approximate surface area is 116 Å². The maximum absolute atomic E-state index is 11.3. The van der Waals surface area contributed by atoms with Crippen LogP contribution in [0.25, 0.3) is 10.9 Å². The number of ether oxygens (including phenoxy) is 2. The topological polar surface area (TPSA) is 80.7 Å². The van der Waals surface area contributed by atoms with E-state index < -0.39 is 5.97 Å². The quantitative estimate of drug-likeness (QED) is 0.785. The molecule has 0 aliphatic heterocycles. The first-order valence-electron chi connectivity index (χ1n) is 6.10. The molecule has 0 atom stereocenters. The molecule has 1 aromatic heterocycles. The number of fused-ring (bicyclic) bond motifs is 1. The second-order valence-electron chi connectivity index (χ2n) is 4.17. The molecule has 2 aromatic rings. The molecular weight excluding hydrogens is 260 g/mol. The van der Waals surface area contributed by atoms with Gasteiger partial charge in [-0.15, -0.1) is 0 Å². The lowest BCUT2D eigenvalue weighted by Crippen LogP contribution is -2.13. The van der Waals surface area contributed by atoms with Crippen molar-refractivity contribution in [1.29, 1.82) is 0 Å². The third-order valence-corrected chi connectivity index (χ3v) is 2.85. The molecule has 0 saturated heterocycles. The SMILES string of the molecule is COCCNc1nc2cc(OC)ccc2cc1C(=O)O. The van der Waals surface area contributed by atoms with Gasteiger partial charge in [0, 0.05) is 25.1 Å². The molecule has 106 valence electrons. The second kappa shape index (κ2) is 6.21. The Morgan fingerprint density at radius 3 is 2.80 bits per heavy atom. The minimum Gasteiger partial charge on any atom is -0.497 e. The van der Waals surface area contributed by atoms with Crippen molar-refractivity contribution in [2.45, 2.75) is 0 Å². The summed E-state index contributed by atoms with van der Waals surface area (Å²) < 4.78 is 10.1. The fourth-order valence-electron chi connectivity index (χ4n) is 1.84. The summed E-state index contributed by atoms with van der Waals surface area (Å²) in [5.74, 6) is -0.0126. The number of anilines is 1. The van der Waals surface area contributed by atoms with Gasteiger partial charge >= 0.3 is 5.97 Å². The second-order valence-corrected chi connectivity index (χ2v) is 4.17. The lowest BCUT2D eigenvalue weighted by atomic mass is 10.1. The van der Waals surface area contributed by atoms with Crippen molar-refractivity contribution in [3.05, 3.63) is 29.8 Å². The van der Waals surface area contributed by atoms with E-state index in [0.717, 1.165) is 5.39 Å². The molecule has 0 unspecified atom stereocenters. The van der Waals surface area contributed by atoms with Gasteiger partial charge in [0.2, 0.25) is 0 Å². The molecule has 0 radical (unpaired) electrons. The molecule has 2 N–H and O–H groups in total. The minimum atomic E-state index is -1.02. The number of nitrogens with zero attached hydrogens (tertiary/aromatic N) is 1. The summed E-state index contributed by atoms with van der Waals surface area (Å²) in [7, 11) is 3.16. The number of pyridine rings is 1. The van der Waals surface area contributed by atoms with Crippen LogP contribution in [0.1, 0.15) is 10.4 Å². The maximum Gasteiger partial charge on any atom is 0.339 e. The molecule has 1 heterocycles. The van der Waals surface area contributed by atoms with Crippen LogP contribution in [0.3, 0.4) is 0 Å².